The van der Waals surface area contributed by atoms with Crippen LogP contribution in [0, 0.1) is 11.2 Å². The minimum atomic E-state index is -0.548. The van der Waals surface area contributed by atoms with E-state index in [1.54, 1.807) is 18.2 Å². The molecule has 3 N–H and O–H groups in total. The van der Waals surface area contributed by atoms with Crippen LogP contribution in [0.1, 0.15) is 19.8 Å². The van der Waals surface area contributed by atoms with Gasteiger partial charge in [0.15, 0.2) is 11.6 Å². The maximum absolute atomic E-state index is 13.7. The summed E-state index contributed by atoms with van der Waals surface area (Å²) in [5, 5.41) is 2.75. The maximum atomic E-state index is 13.7. The molecular weight excluding hydrogens is 285 g/mol. The number of rotatable bonds is 4. The highest BCUT2D eigenvalue weighted by Gasteiger charge is 2.44. The number of aromatic nitrogens is 1. The van der Waals surface area contributed by atoms with Gasteiger partial charge in [-0.3, -0.25) is 4.79 Å². The minimum Gasteiger partial charge on any atom is -0.454 e. The Bertz CT molecular complexity index is 729. The molecule has 0 spiro atoms. The maximum Gasteiger partial charge on any atom is 0.231 e. The molecule has 1 heterocycles. The molecule has 3 rings (SSSR count). The van der Waals surface area contributed by atoms with Crippen LogP contribution in [0.5, 0.6) is 11.5 Å². The third-order valence-corrected chi connectivity index (χ3v) is 3.70. The summed E-state index contributed by atoms with van der Waals surface area (Å²) < 4.78 is 19.2. The Morgan fingerprint density at radius 3 is 2.82 bits per heavy atom. The largest absolute Gasteiger partial charge is 0.454 e. The van der Waals surface area contributed by atoms with Gasteiger partial charge in [-0.2, -0.15) is 0 Å². The van der Waals surface area contributed by atoms with Crippen LogP contribution in [0.15, 0.2) is 36.5 Å². The van der Waals surface area contributed by atoms with Crippen molar-refractivity contribution >= 4 is 17.4 Å². The summed E-state index contributed by atoms with van der Waals surface area (Å²) in [6.07, 6.45) is 3.26. The predicted molar refractivity (Wildman–Crippen MR) is 81.1 cm³/mol. The summed E-state index contributed by atoms with van der Waals surface area (Å²) in [6, 6.07) is 7.34. The predicted octanol–water partition coefficient (Wildman–Crippen LogP) is 3.33. The number of ether oxygens (including phenoxy) is 1. The number of halogens is 1. The topological polar surface area (TPSA) is 77.2 Å². The van der Waals surface area contributed by atoms with E-state index in [9.17, 15) is 9.18 Å². The molecule has 0 unspecified atom stereocenters. The van der Waals surface area contributed by atoms with Gasteiger partial charge in [0.1, 0.15) is 11.6 Å². The van der Waals surface area contributed by atoms with E-state index in [2.05, 4.69) is 10.3 Å². The molecule has 0 aliphatic heterocycles. The van der Waals surface area contributed by atoms with Crippen LogP contribution in [-0.2, 0) is 4.79 Å². The van der Waals surface area contributed by atoms with E-state index in [0.717, 1.165) is 12.8 Å². The van der Waals surface area contributed by atoms with Gasteiger partial charge in [0, 0.05) is 29.4 Å². The lowest BCUT2D eigenvalue weighted by Gasteiger charge is -2.11. The zero-order valence-corrected chi connectivity index (χ0v) is 12.1. The van der Waals surface area contributed by atoms with Crippen LogP contribution in [0.4, 0.5) is 15.9 Å². The number of amides is 1. The van der Waals surface area contributed by atoms with Gasteiger partial charge in [0.25, 0.3) is 0 Å². The molecule has 1 aliphatic carbocycles. The standard InChI is InChI=1S/C16H16FN3O2/c1-16(5-6-16)15(21)20-14-9-11(4-7-19-14)22-13-3-2-10(18)8-12(13)17/h2-4,7-9H,5-6,18H2,1H3,(H,19,20,21). The van der Waals surface area contributed by atoms with Crippen LogP contribution in [0.3, 0.4) is 0 Å². The highest BCUT2D eigenvalue weighted by atomic mass is 19.1. The second-order valence-corrected chi connectivity index (χ2v) is 5.68. The highest BCUT2D eigenvalue weighted by Crippen LogP contribution is 2.45. The van der Waals surface area contributed by atoms with Gasteiger partial charge in [-0.25, -0.2) is 9.37 Å². The molecule has 114 valence electrons. The molecule has 5 nitrogen and oxygen atoms in total. The number of carbonyl (C=O) groups excluding carboxylic acids is 1. The number of hydrogen-bond acceptors (Lipinski definition) is 4. The van der Waals surface area contributed by atoms with Crippen molar-refractivity contribution in [1.29, 1.82) is 0 Å². The lowest BCUT2D eigenvalue weighted by Crippen LogP contribution is -2.21. The summed E-state index contributed by atoms with van der Waals surface area (Å²) >= 11 is 0. The fourth-order valence-electron chi connectivity index (χ4n) is 1.95. The monoisotopic (exact) mass is 301 g/mol. The fourth-order valence-corrected chi connectivity index (χ4v) is 1.95. The first-order valence-electron chi connectivity index (χ1n) is 6.97. The first-order valence-corrected chi connectivity index (χ1v) is 6.97. The van der Waals surface area contributed by atoms with Crippen molar-refractivity contribution in [3.63, 3.8) is 0 Å². The summed E-state index contributed by atoms with van der Waals surface area (Å²) in [5.41, 5.74) is 5.53. The van der Waals surface area contributed by atoms with Crippen LogP contribution in [0.25, 0.3) is 0 Å². The molecule has 2 aromatic rings. The molecule has 1 amide bonds. The molecule has 1 saturated carbocycles. The SMILES string of the molecule is CC1(C(=O)Nc2cc(Oc3ccc(N)cc3F)ccn2)CC1. The molecule has 0 bridgehead atoms. The van der Waals surface area contributed by atoms with Gasteiger partial charge in [-0.15, -0.1) is 0 Å². The van der Waals surface area contributed by atoms with Crippen molar-refractivity contribution in [1.82, 2.24) is 4.98 Å². The Balaban J connectivity index is 1.75. The van der Waals surface area contributed by atoms with Crippen LogP contribution in [0.2, 0.25) is 0 Å². The van der Waals surface area contributed by atoms with Crippen molar-refractivity contribution < 1.29 is 13.9 Å². The molecule has 6 heteroatoms. The number of benzene rings is 1. The molecule has 1 aromatic heterocycles. The molecule has 22 heavy (non-hydrogen) atoms. The van der Waals surface area contributed by atoms with E-state index in [0.29, 0.717) is 17.3 Å². The third-order valence-electron chi connectivity index (χ3n) is 3.70. The number of carbonyl (C=O) groups is 1. The van der Waals surface area contributed by atoms with E-state index in [1.165, 1.54) is 18.3 Å². The molecule has 1 fully saturated rings. The zero-order chi connectivity index (χ0) is 15.7. The van der Waals surface area contributed by atoms with Crippen LogP contribution < -0.4 is 15.8 Å². The van der Waals surface area contributed by atoms with Crippen LogP contribution in [-0.4, -0.2) is 10.9 Å². The molecule has 1 aromatic carbocycles. The highest BCUT2D eigenvalue weighted by molar-refractivity contribution is 5.96. The van der Waals surface area contributed by atoms with Gasteiger partial charge >= 0.3 is 0 Å². The first-order chi connectivity index (χ1) is 10.5. The van der Waals surface area contributed by atoms with Crippen molar-refractivity contribution in [2.75, 3.05) is 11.1 Å². The summed E-state index contributed by atoms with van der Waals surface area (Å²) in [7, 11) is 0. The lowest BCUT2D eigenvalue weighted by atomic mass is 10.1. The summed E-state index contributed by atoms with van der Waals surface area (Å²) in [5.74, 6) is 0.219. The third kappa shape index (κ3) is 3.00. The van der Waals surface area contributed by atoms with Gasteiger partial charge in [0.05, 0.1) is 0 Å². The molecule has 0 radical (unpaired) electrons. The van der Waals surface area contributed by atoms with Gasteiger partial charge in [-0.05, 0) is 31.0 Å². The van der Waals surface area contributed by atoms with Crippen LogP contribution >= 0.6 is 0 Å². The normalized spacial score (nSPS) is 15.2. The number of pyridine rings is 1. The first kappa shape index (κ1) is 14.3. The second kappa shape index (κ2) is 5.29. The number of nitrogens with zero attached hydrogens (tertiary/aromatic N) is 1. The van der Waals surface area contributed by atoms with E-state index in [1.807, 2.05) is 6.92 Å². The van der Waals surface area contributed by atoms with Gasteiger partial charge in [-0.1, -0.05) is 6.92 Å². The summed E-state index contributed by atoms with van der Waals surface area (Å²) in [6.45, 7) is 1.91. The number of nitrogens with one attached hydrogen (secondary N) is 1. The van der Waals surface area contributed by atoms with Crippen molar-refractivity contribution in [3.8, 4) is 11.5 Å². The Morgan fingerprint density at radius 1 is 1.36 bits per heavy atom. The van der Waals surface area contributed by atoms with E-state index < -0.39 is 5.82 Å². The number of nitrogens with two attached hydrogens (primary N) is 1. The lowest BCUT2D eigenvalue weighted by molar-refractivity contribution is -0.120. The van der Waals surface area contributed by atoms with E-state index in [-0.39, 0.29) is 17.1 Å². The number of nitrogen functional groups attached to an aromatic ring is 1. The average Bonchev–Trinajstić information content (AvgIpc) is 3.22. The van der Waals surface area contributed by atoms with Gasteiger partial charge in [0.2, 0.25) is 5.91 Å². The van der Waals surface area contributed by atoms with E-state index in [4.69, 9.17) is 10.5 Å². The van der Waals surface area contributed by atoms with Gasteiger partial charge < -0.3 is 15.8 Å². The average molecular weight is 301 g/mol. The quantitative estimate of drug-likeness (QED) is 0.849. The zero-order valence-electron chi connectivity index (χ0n) is 12.1. The summed E-state index contributed by atoms with van der Waals surface area (Å²) in [4.78, 5) is 16.1. The Morgan fingerprint density at radius 2 is 2.14 bits per heavy atom. The van der Waals surface area contributed by atoms with Crippen molar-refractivity contribution in [2.24, 2.45) is 5.41 Å². The number of anilines is 2. The van der Waals surface area contributed by atoms with E-state index >= 15 is 0 Å². The molecular formula is C16H16FN3O2. The molecule has 1 aliphatic rings. The smallest absolute Gasteiger partial charge is 0.231 e. The Kier molecular flexibility index (Phi) is 3.44. The van der Waals surface area contributed by atoms with Crippen molar-refractivity contribution in [2.45, 2.75) is 19.8 Å². The minimum absolute atomic E-state index is 0.0594. The molecule has 0 saturated heterocycles. The second-order valence-electron chi connectivity index (χ2n) is 5.68. The molecule has 0 atom stereocenters. The fraction of sp³-hybridized carbons (Fsp3) is 0.250. The number of hydrogen-bond donors (Lipinski definition) is 2. The Labute approximate surface area is 127 Å². The van der Waals surface area contributed by atoms with Crippen molar-refractivity contribution in [3.05, 3.63) is 42.3 Å². The Hall–Kier alpha value is -2.63.